The van der Waals surface area contributed by atoms with E-state index in [0.29, 0.717) is 11.3 Å². The topological polar surface area (TPSA) is 143 Å². The molecule has 2 aromatic carbocycles. The summed E-state index contributed by atoms with van der Waals surface area (Å²) in [5.74, 6) is -0.811. The van der Waals surface area contributed by atoms with Gasteiger partial charge in [-0.25, -0.2) is 13.4 Å². The molecule has 0 saturated heterocycles. The zero-order chi connectivity index (χ0) is 25.9. The van der Waals surface area contributed by atoms with Gasteiger partial charge in [-0.15, -0.1) is 10.2 Å². The minimum Gasteiger partial charge on any atom is -0.415 e. The van der Waals surface area contributed by atoms with Gasteiger partial charge in [0.25, 0.3) is 11.8 Å². The number of aliphatic hydroxyl groups excluding tert-OH is 1. The monoisotopic (exact) mass is 516 g/mol. The molecule has 0 amide bonds. The average Bonchev–Trinajstić information content (AvgIpc) is 3.33. The van der Waals surface area contributed by atoms with E-state index in [0.717, 1.165) is 11.8 Å². The highest BCUT2D eigenvalue weighted by Crippen LogP contribution is 2.31. The number of aryl methyl sites for hydroxylation is 1. The molecule has 4 rings (SSSR count). The summed E-state index contributed by atoms with van der Waals surface area (Å²) >= 11 is 0. The third-order valence-corrected chi connectivity index (χ3v) is 6.43. The number of benzene rings is 2. The molecule has 0 unspecified atom stereocenters. The first-order chi connectivity index (χ1) is 17.2. The summed E-state index contributed by atoms with van der Waals surface area (Å²) in [6.45, 7) is 1.37. The van der Waals surface area contributed by atoms with E-state index in [2.05, 4.69) is 30.8 Å². The number of sulfone groups is 1. The number of halogens is 2. The van der Waals surface area contributed by atoms with Crippen molar-refractivity contribution in [1.82, 2.24) is 20.2 Å². The van der Waals surface area contributed by atoms with Gasteiger partial charge in [-0.1, -0.05) is 30.3 Å². The smallest absolute Gasteiger partial charge is 0.314 e. The Bertz CT molecular complexity index is 1460. The minimum atomic E-state index is -3.38. The maximum Gasteiger partial charge on any atom is 0.314 e. The van der Waals surface area contributed by atoms with Crippen molar-refractivity contribution in [2.45, 2.75) is 24.3 Å². The molecule has 2 aromatic heterocycles. The van der Waals surface area contributed by atoms with Gasteiger partial charge in [0.15, 0.2) is 9.84 Å². The van der Waals surface area contributed by atoms with Crippen LogP contribution in [0.2, 0.25) is 0 Å². The predicted octanol–water partition coefficient (Wildman–Crippen LogP) is 4.07. The molecule has 0 bridgehead atoms. The van der Waals surface area contributed by atoms with Gasteiger partial charge in [-0.05, 0) is 36.2 Å². The third kappa shape index (κ3) is 5.63. The van der Waals surface area contributed by atoms with Gasteiger partial charge < -0.3 is 20.2 Å². The molecule has 3 N–H and O–H groups in total. The molecule has 0 fully saturated rings. The number of aromatic nitrogens is 4. The highest BCUT2D eigenvalue weighted by atomic mass is 32.2. The second-order valence-electron chi connectivity index (χ2n) is 7.87. The third-order valence-electron chi connectivity index (χ3n) is 5.17. The van der Waals surface area contributed by atoms with Crippen LogP contribution in [0.1, 0.15) is 29.5 Å². The Morgan fingerprint density at radius 1 is 1.11 bits per heavy atom. The lowest BCUT2D eigenvalue weighted by molar-refractivity contribution is 0.116. The normalized spacial score (nSPS) is 12.5. The van der Waals surface area contributed by atoms with Gasteiger partial charge in [0, 0.05) is 18.1 Å². The molecule has 0 saturated carbocycles. The first kappa shape index (κ1) is 25.1. The van der Waals surface area contributed by atoms with Gasteiger partial charge in [0.2, 0.25) is 5.95 Å². The molecule has 36 heavy (non-hydrogen) atoms. The Morgan fingerprint density at radius 3 is 2.47 bits per heavy atom. The van der Waals surface area contributed by atoms with Crippen molar-refractivity contribution in [2.75, 3.05) is 23.5 Å². The Balaban J connectivity index is 1.71. The van der Waals surface area contributed by atoms with E-state index in [1.807, 2.05) is 30.3 Å². The van der Waals surface area contributed by atoms with Gasteiger partial charge in [0.1, 0.15) is 5.82 Å². The van der Waals surface area contributed by atoms with Crippen molar-refractivity contribution in [3.63, 3.8) is 0 Å². The van der Waals surface area contributed by atoms with Gasteiger partial charge in [0.05, 0.1) is 23.1 Å². The fraction of sp³-hybridized carbons (Fsp3) is 0.217. The average molecular weight is 517 g/mol. The molecule has 0 aliphatic heterocycles. The van der Waals surface area contributed by atoms with E-state index in [4.69, 9.17) is 4.42 Å². The van der Waals surface area contributed by atoms with Crippen molar-refractivity contribution < 1.29 is 26.7 Å². The van der Waals surface area contributed by atoms with Crippen LogP contribution in [0, 0.1) is 6.92 Å². The number of aliphatic hydroxyl groups is 1. The van der Waals surface area contributed by atoms with Crippen LogP contribution in [0.4, 0.5) is 26.2 Å². The van der Waals surface area contributed by atoms with E-state index in [1.165, 1.54) is 12.3 Å². The highest BCUT2D eigenvalue weighted by Gasteiger charge is 2.22. The number of alkyl halides is 2. The summed E-state index contributed by atoms with van der Waals surface area (Å²) in [6.07, 6.45) is -0.502. The van der Waals surface area contributed by atoms with E-state index < -0.39 is 28.2 Å². The molecule has 2 heterocycles. The highest BCUT2D eigenvalue weighted by molar-refractivity contribution is 7.90. The van der Waals surface area contributed by atoms with Crippen molar-refractivity contribution in [3.8, 4) is 11.5 Å². The summed E-state index contributed by atoms with van der Waals surface area (Å²) in [6, 6.07) is 13.1. The zero-order valence-corrected chi connectivity index (χ0v) is 20.0. The maximum absolute atomic E-state index is 13.0. The molecule has 10 nitrogen and oxygen atoms in total. The predicted molar refractivity (Wildman–Crippen MR) is 128 cm³/mol. The van der Waals surface area contributed by atoms with Gasteiger partial charge in [-0.2, -0.15) is 13.8 Å². The molecule has 1 atom stereocenters. The van der Waals surface area contributed by atoms with Crippen LogP contribution >= 0.6 is 0 Å². The van der Waals surface area contributed by atoms with Crippen molar-refractivity contribution >= 4 is 27.3 Å². The number of nitrogens with zero attached hydrogens (tertiary/aromatic N) is 4. The van der Waals surface area contributed by atoms with Crippen LogP contribution in [0.3, 0.4) is 0 Å². The number of hydrogen-bond donors (Lipinski definition) is 3. The molecular formula is C23H22F2N6O4S. The molecule has 0 aliphatic rings. The first-order valence-corrected chi connectivity index (χ1v) is 12.5. The van der Waals surface area contributed by atoms with Crippen LogP contribution in [0.15, 0.2) is 64.0 Å². The molecule has 4 aromatic rings. The van der Waals surface area contributed by atoms with E-state index >= 15 is 0 Å². The minimum absolute atomic E-state index is 0.117. The lowest BCUT2D eigenvalue weighted by Gasteiger charge is -2.19. The molecular weight excluding hydrogens is 494 g/mol. The van der Waals surface area contributed by atoms with Crippen LogP contribution in [-0.2, 0) is 9.84 Å². The van der Waals surface area contributed by atoms with Crippen LogP contribution < -0.4 is 10.6 Å². The number of hydrogen-bond acceptors (Lipinski definition) is 10. The molecule has 188 valence electrons. The lowest BCUT2D eigenvalue weighted by Crippen LogP contribution is -2.17. The standard InChI is InChI=1S/C23H22F2N6O4S/c1-13-10-15(8-9-18(13)36(2,33)34)27-23-26-11-16(21-30-31-22(35-21)19(24)25)20(29-23)28-17(12-32)14-6-4-3-5-7-14/h3-11,17,19,32H,12H2,1-2H3,(H2,26,27,28,29)/t17-/m1/s1. The summed E-state index contributed by atoms with van der Waals surface area (Å²) in [5, 5.41) is 23.1. The van der Waals surface area contributed by atoms with Crippen molar-refractivity contribution in [3.05, 3.63) is 71.7 Å². The summed E-state index contributed by atoms with van der Waals surface area (Å²) in [7, 11) is -3.38. The SMILES string of the molecule is Cc1cc(Nc2ncc(-c3nnc(C(F)F)o3)c(N[C@H](CO)c3ccccc3)n2)ccc1S(C)(=O)=O. The van der Waals surface area contributed by atoms with Crippen LogP contribution in [0.5, 0.6) is 0 Å². The van der Waals surface area contributed by atoms with Crippen LogP contribution in [-0.4, -0.2) is 46.6 Å². The Hall–Kier alpha value is -3.97. The van der Waals surface area contributed by atoms with E-state index in [1.54, 1.807) is 19.1 Å². The number of anilines is 3. The Kier molecular flexibility index (Phi) is 7.22. The molecule has 0 radical (unpaired) electrons. The Labute approximate surface area is 205 Å². The summed E-state index contributed by atoms with van der Waals surface area (Å²) in [5.41, 5.74) is 1.97. The quantitative estimate of drug-likeness (QED) is 0.298. The molecule has 0 aliphatic carbocycles. The van der Waals surface area contributed by atoms with E-state index in [9.17, 15) is 22.3 Å². The molecule has 0 spiro atoms. The fourth-order valence-corrected chi connectivity index (χ4v) is 4.46. The lowest BCUT2D eigenvalue weighted by atomic mass is 10.1. The van der Waals surface area contributed by atoms with Gasteiger partial charge in [-0.3, -0.25) is 0 Å². The van der Waals surface area contributed by atoms with E-state index in [-0.39, 0.29) is 34.7 Å². The largest absolute Gasteiger partial charge is 0.415 e. The van der Waals surface area contributed by atoms with Crippen LogP contribution in [0.25, 0.3) is 11.5 Å². The fourth-order valence-electron chi connectivity index (χ4n) is 3.50. The second kappa shape index (κ2) is 10.3. The zero-order valence-electron chi connectivity index (χ0n) is 19.2. The first-order valence-electron chi connectivity index (χ1n) is 10.6. The Morgan fingerprint density at radius 2 is 1.86 bits per heavy atom. The second-order valence-corrected chi connectivity index (χ2v) is 9.85. The molecule has 13 heteroatoms. The van der Waals surface area contributed by atoms with Crippen molar-refractivity contribution in [1.29, 1.82) is 0 Å². The number of nitrogens with one attached hydrogen (secondary N) is 2. The van der Waals surface area contributed by atoms with Crippen molar-refractivity contribution in [2.24, 2.45) is 0 Å². The van der Waals surface area contributed by atoms with Gasteiger partial charge >= 0.3 is 6.43 Å². The summed E-state index contributed by atoms with van der Waals surface area (Å²) in [4.78, 5) is 8.85. The maximum atomic E-state index is 13.0. The number of rotatable bonds is 9. The summed E-state index contributed by atoms with van der Waals surface area (Å²) < 4.78 is 54.9.